The zero-order chi connectivity index (χ0) is 10.6. The predicted octanol–water partition coefficient (Wildman–Crippen LogP) is 1.13. The van der Waals surface area contributed by atoms with Gasteiger partial charge in [0.15, 0.2) is 0 Å². The summed E-state index contributed by atoms with van der Waals surface area (Å²) in [5.41, 5.74) is 5.44. The third-order valence-electron chi connectivity index (χ3n) is 2.90. The Labute approximate surface area is 90.2 Å². The largest absolute Gasteiger partial charge is 0.353 e. The van der Waals surface area contributed by atoms with E-state index in [-0.39, 0.29) is 5.91 Å². The maximum atomic E-state index is 11.7. The number of carbonyl (C=O) groups excluding carboxylic acids is 1. The van der Waals surface area contributed by atoms with Crippen molar-refractivity contribution < 1.29 is 4.79 Å². The van der Waals surface area contributed by atoms with Crippen LogP contribution >= 0.6 is 11.8 Å². The standard InChI is InChI=1S/C10H20N2OS/c1-8(14-2)7-12-9(13)10(11)5-3-4-6-10/h8H,3-7,11H2,1-2H3,(H,12,13). The highest BCUT2D eigenvalue weighted by Gasteiger charge is 2.36. The monoisotopic (exact) mass is 216 g/mol. The second-order valence-corrected chi connectivity index (χ2v) is 5.40. The number of nitrogens with two attached hydrogens (primary N) is 1. The number of hydrogen-bond donors (Lipinski definition) is 2. The molecule has 0 heterocycles. The second kappa shape index (κ2) is 5.03. The van der Waals surface area contributed by atoms with Crippen molar-refractivity contribution in [1.82, 2.24) is 5.32 Å². The minimum atomic E-state index is -0.571. The second-order valence-electron chi connectivity index (χ2n) is 4.12. The number of rotatable bonds is 4. The van der Waals surface area contributed by atoms with Crippen molar-refractivity contribution in [3.05, 3.63) is 0 Å². The smallest absolute Gasteiger partial charge is 0.240 e. The first-order chi connectivity index (χ1) is 6.58. The highest BCUT2D eigenvalue weighted by atomic mass is 32.2. The minimum absolute atomic E-state index is 0.0379. The van der Waals surface area contributed by atoms with Crippen LogP contribution in [0.25, 0.3) is 0 Å². The van der Waals surface area contributed by atoms with E-state index in [2.05, 4.69) is 12.2 Å². The van der Waals surface area contributed by atoms with Crippen LogP contribution in [-0.4, -0.2) is 29.5 Å². The lowest BCUT2D eigenvalue weighted by Gasteiger charge is -2.23. The number of nitrogens with one attached hydrogen (secondary N) is 1. The number of carbonyl (C=O) groups is 1. The fourth-order valence-corrected chi connectivity index (χ4v) is 1.98. The van der Waals surface area contributed by atoms with Crippen LogP contribution in [0, 0.1) is 0 Å². The maximum Gasteiger partial charge on any atom is 0.240 e. The Balaban J connectivity index is 2.34. The van der Waals surface area contributed by atoms with Gasteiger partial charge >= 0.3 is 0 Å². The lowest BCUT2D eigenvalue weighted by atomic mass is 9.98. The van der Waals surface area contributed by atoms with Gasteiger partial charge in [-0.05, 0) is 19.1 Å². The van der Waals surface area contributed by atoms with Gasteiger partial charge in [0.1, 0.15) is 0 Å². The molecule has 0 saturated heterocycles. The van der Waals surface area contributed by atoms with Crippen molar-refractivity contribution in [2.24, 2.45) is 5.73 Å². The van der Waals surface area contributed by atoms with Crippen molar-refractivity contribution in [3.8, 4) is 0 Å². The van der Waals surface area contributed by atoms with Crippen molar-refractivity contribution in [2.45, 2.75) is 43.4 Å². The first-order valence-corrected chi connectivity index (χ1v) is 6.47. The molecule has 82 valence electrons. The quantitative estimate of drug-likeness (QED) is 0.740. The molecule has 0 bridgehead atoms. The highest BCUT2D eigenvalue weighted by molar-refractivity contribution is 7.99. The summed E-state index contributed by atoms with van der Waals surface area (Å²) in [6.07, 6.45) is 5.90. The topological polar surface area (TPSA) is 55.1 Å². The molecule has 0 aromatic heterocycles. The molecule has 1 aliphatic carbocycles. The molecule has 0 aromatic rings. The van der Waals surface area contributed by atoms with Gasteiger partial charge in [0.05, 0.1) is 5.54 Å². The zero-order valence-corrected chi connectivity index (χ0v) is 9.82. The van der Waals surface area contributed by atoms with Crippen LogP contribution in [0.5, 0.6) is 0 Å². The first-order valence-electron chi connectivity index (χ1n) is 5.18. The van der Waals surface area contributed by atoms with Gasteiger partial charge in [-0.3, -0.25) is 4.79 Å². The van der Waals surface area contributed by atoms with Gasteiger partial charge in [-0.2, -0.15) is 11.8 Å². The summed E-state index contributed by atoms with van der Waals surface area (Å²) in [6.45, 7) is 2.82. The molecule has 0 radical (unpaired) electrons. The van der Waals surface area contributed by atoms with E-state index in [1.807, 2.05) is 6.26 Å². The molecule has 0 aromatic carbocycles. The summed E-state index contributed by atoms with van der Waals surface area (Å²) in [4.78, 5) is 11.7. The van der Waals surface area contributed by atoms with Crippen LogP contribution in [-0.2, 0) is 4.79 Å². The van der Waals surface area contributed by atoms with Crippen molar-refractivity contribution in [1.29, 1.82) is 0 Å². The fraction of sp³-hybridized carbons (Fsp3) is 0.900. The Morgan fingerprint density at radius 3 is 2.64 bits per heavy atom. The van der Waals surface area contributed by atoms with E-state index in [4.69, 9.17) is 5.73 Å². The van der Waals surface area contributed by atoms with Crippen LogP contribution in [0.2, 0.25) is 0 Å². The van der Waals surface area contributed by atoms with Crippen LogP contribution in [0.15, 0.2) is 0 Å². The molecule has 1 aliphatic rings. The highest BCUT2D eigenvalue weighted by Crippen LogP contribution is 2.27. The van der Waals surface area contributed by atoms with Crippen LogP contribution in [0.1, 0.15) is 32.6 Å². The van der Waals surface area contributed by atoms with Gasteiger partial charge in [0, 0.05) is 11.8 Å². The summed E-state index contributed by atoms with van der Waals surface area (Å²) in [7, 11) is 0. The van der Waals surface area contributed by atoms with Crippen molar-refractivity contribution in [3.63, 3.8) is 0 Å². The molecule has 1 rings (SSSR count). The van der Waals surface area contributed by atoms with Gasteiger partial charge in [-0.25, -0.2) is 0 Å². The summed E-state index contributed by atoms with van der Waals surface area (Å²) in [5.74, 6) is 0.0379. The van der Waals surface area contributed by atoms with Gasteiger partial charge in [0.25, 0.3) is 0 Å². The van der Waals surface area contributed by atoms with E-state index < -0.39 is 5.54 Å². The van der Waals surface area contributed by atoms with Gasteiger partial charge in [-0.15, -0.1) is 0 Å². The molecule has 1 fully saturated rings. The van der Waals surface area contributed by atoms with Crippen LogP contribution in [0.4, 0.5) is 0 Å². The van der Waals surface area contributed by atoms with Crippen LogP contribution in [0.3, 0.4) is 0 Å². The van der Waals surface area contributed by atoms with Crippen molar-refractivity contribution in [2.75, 3.05) is 12.8 Å². The average molecular weight is 216 g/mol. The van der Waals surface area contributed by atoms with Crippen molar-refractivity contribution >= 4 is 17.7 Å². The Morgan fingerprint density at radius 2 is 2.14 bits per heavy atom. The molecule has 1 amide bonds. The van der Waals surface area contributed by atoms with E-state index in [1.165, 1.54) is 0 Å². The van der Waals surface area contributed by atoms with Gasteiger partial charge in [0.2, 0.25) is 5.91 Å². The number of hydrogen-bond acceptors (Lipinski definition) is 3. The molecule has 0 aliphatic heterocycles. The Kier molecular flexibility index (Phi) is 4.26. The normalized spacial score (nSPS) is 21.9. The van der Waals surface area contributed by atoms with Crippen LogP contribution < -0.4 is 11.1 Å². The van der Waals surface area contributed by atoms with E-state index >= 15 is 0 Å². The summed E-state index contributed by atoms with van der Waals surface area (Å²) in [6, 6.07) is 0. The van der Waals surface area contributed by atoms with Gasteiger partial charge < -0.3 is 11.1 Å². The zero-order valence-electron chi connectivity index (χ0n) is 9.01. The minimum Gasteiger partial charge on any atom is -0.353 e. The van der Waals surface area contributed by atoms with E-state index in [9.17, 15) is 4.79 Å². The molecule has 1 saturated carbocycles. The summed E-state index contributed by atoms with van der Waals surface area (Å²) >= 11 is 1.75. The molecule has 14 heavy (non-hydrogen) atoms. The maximum absolute atomic E-state index is 11.7. The summed E-state index contributed by atoms with van der Waals surface area (Å²) in [5, 5.41) is 3.39. The lowest BCUT2D eigenvalue weighted by molar-refractivity contribution is -0.126. The molecule has 3 N–H and O–H groups in total. The molecule has 4 heteroatoms. The molecule has 1 unspecified atom stereocenters. The Hall–Kier alpha value is -0.220. The molecule has 1 atom stereocenters. The molecule has 0 spiro atoms. The molecular weight excluding hydrogens is 196 g/mol. The number of thioether (sulfide) groups is 1. The Morgan fingerprint density at radius 1 is 1.57 bits per heavy atom. The van der Waals surface area contributed by atoms with E-state index in [1.54, 1.807) is 11.8 Å². The third-order valence-corrected chi connectivity index (χ3v) is 3.87. The predicted molar refractivity (Wildman–Crippen MR) is 61.4 cm³/mol. The third kappa shape index (κ3) is 2.89. The Bertz CT molecular complexity index is 202. The SMILES string of the molecule is CSC(C)CNC(=O)C1(N)CCCC1. The first kappa shape index (κ1) is 11.9. The average Bonchev–Trinajstić information content (AvgIpc) is 2.62. The summed E-state index contributed by atoms with van der Waals surface area (Å²) < 4.78 is 0. The van der Waals surface area contributed by atoms with E-state index in [0.717, 1.165) is 32.2 Å². The fourth-order valence-electron chi connectivity index (χ4n) is 1.73. The lowest BCUT2D eigenvalue weighted by Crippen LogP contribution is -2.52. The van der Waals surface area contributed by atoms with E-state index in [0.29, 0.717) is 5.25 Å². The van der Waals surface area contributed by atoms with Gasteiger partial charge in [-0.1, -0.05) is 19.8 Å². The molecule has 3 nitrogen and oxygen atoms in total. The number of amides is 1. The molecular formula is C10H20N2OS.